The Morgan fingerprint density at radius 3 is 2.05 bits per heavy atom. The van der Waals surface area contributed by atoms with Gasteiger partial charge >= 0.3 is 0 Å². The van der Waals surface area contributed by atoms with Gasteiger partial charge in [-0.25, -0.2) is 0 Å². The van der Waals surface area contributed by atoms with E-state index in [4.69, 9.17) is 9.47 Å². The molecule has 3 rings (SSSR count). The standard InChI is InChI=1S/C32H46N2O3S/c1-2-3-4-5-6-7-8-9-10-11-12-15-23-36-29-18-20-30(21-19-29)37-26-32(35)33-31-17-14-13-16-28(31)25-34-22-24-38-27-34/h13-14,16-22,24H,2-12,15,23,25-27H2,1H3,(H,33,35). The largest absolute Gasteiger partial charge is 0.494 e. The highest BCUT2D eigenvalue weighted by Crippen LogP contribution is 2.23. The van der Waals surface area contributed by atoms with Gasteiger partial charge < -0.3 is 19.7 Å². The monoisotopic (exact) mass is 538 g/mol. The predicted octanol–water partition coefficient (Wildman–Crippen LogP) is 8.76. The summed E-state index contributed by atoms with van der Waals surface area (Å²) in [6.07, 6.45) is 18.2. The summed E-state index contributed by atoms with van der Waals surface area (Å²) < 4.78 is 11.6. The van der Waals surface area contributed by atoms with Gasteiger partial charge in [-0.15, -0.1) is 11.8 Å². The fourth-order valence-corrected chi connectivity index (χ4v) is 5.22. The number of carbonyl (C=O) groups excluding carboxylic acids is 1. The average molecular weight is 539 g/mol. The van der Waals surface area contributed by atoms with Crippen molar-refractivity contribution in [2.75, 3.05) is 24.4 Å². The van der Waals surface area contributed by atoms with E-state index in [1.54, 1.807) is 11.8 Å². The van der Waals surface area contributed by atoms with E-state index in [9.17, 15) is 4.79 Å². The van der Waals surface area contributed by atoms with Crippen LogP contribution in [0, 0.1) is 0 Å². The van der Waals surface area contributed by atoms with Crippen molar-refractivity contribution >= 4 is 23.4 Å². The van der Waals surface area contributed by atoms with Crippen LogP contribution in [0.3, 0.4) is 0 Å². The number of nitrogens with zero attached hydrogens (tertiary/aromatic N) is 1. The molecule has 0 aromatic heterocycles. The first-order chi connectivity index (χ1) is 18.7. The topological polar surface area (TPSA) is 50.8 Å². The molecule has 0 atom stereocenters. The van der Waals surface area contributed by atoms with E-state index in [1.165, 1.54) is 70.6 Å². The number of thioether (sulfide) groups is 1. The van der Waals surface area contributed by atoms with E-state index in [1.807, 2.05) is 48.5 Å². The molecule has 1 aliphatic rings. The third-order valence-electron chi connectivity index (χ3n) is 6.73. The summed E-state index contributed by atoms with van der Waals surface area (Å²) in [5, 5.41) is 5.08. The average Bonchev–Trinajstić information content (AvgIpc) is 3.45. The van der Waals surface area contributed by atoms with Gasteiger partial charge in [0.25, 0.3) is 5.91 Å². The Morgan fingerprint density at radius 2 is 1.42 bits per heavy atom. The molecule has 0 spiro atoms. The van der Waals surface area contributed by atoms with Gasteiger partial charge in [0.05, 0.1) is 12.5 Å². The molecule has 5 nitrogen and oxygen atoms in total. The number of nitrogens with one attached hydrogen (secondary N) is 1. The van der Waals surface area contributed by atoms with Gasteiger partial charge in [0, 0.05) is 18.4 Å². The second-order valence-electron chi connectivity index (χ2n) is 10.0. The minimum Gasteiger partial charge on any atom is -0.494 e. The van der Waals surface area contributed by atoms with Crippen LogP contribution in [0.4, 0.5) is 5.69 Å². The lowest BCUT2D eigenvalue weighted by molar-refractivity contribution is -0.118. The highest BCUT2D eigenvalue weighted by atomic mass is 32.2. The first kappa shape index (κ1) is 29.9. The van der Waals surface area contributed by atoms with Crippen molar-refractivity contribution in [2.24, 2.45) is 0 Å². The van der Waals surface area contributed by atoms with Crippen LogP contribution in [0.15, 0.2) is 60.1 Å². The van der Waals surface area contributed by atoms with Gasteiger partial charge in [-0.2, -0.15) is 0 Å². The van der Waals surface area contributed by atoms with Crippen LogP contribution in [0.2, 0.25) is 0 Å². The molecule has 38 heavy (non-hydrogen) atoms. The van der Waals surface area contributed by atoms with Crippen LogP contribution in [-0.4, -0.2) is 29.9 Å². The normalized spacial score (nSPS) is 12.6. The molecule has 1 amide bonds. The number of rotatable bonds is 20. The number of hydrogen-bond donors (Lipinski definition) is 1. The maximum Gasteiger partial charge on any atom is 0.262 e. The molecule has 1 heterocycles. The minimum atomic E-state index is -0.170. The highest BCUT2D eigenvalue weighted by Gasteiger charge is 2.11. The van der Waals surface area contributed by atoms with Crippen LogP contribution < -0.4 is 14.8 Å². The summed E-state index contributed by atoms with van der Waals surface area (Å²) >= 11 is 1.77. The van der Waals surface area contributed by atoms with Crippen molar-refractivity contribution in [1.82, 2.24) is 4.90 Å². The number of carbonyl (C=O) groups is 1. The zero-order valence-electron chi connectivity index (χ0n) is 23.2. The van der Waals surface area contributed by atoms with Crippen LogP contribution >= 0.6 is 11.8 Å². The van der Waals surface area contributed by atoms with E-state index in [2.05, 4.69) is 28.7 Å². The maximum atomic E-state index is 12.5. The Hall–Kier alpha value is -2.60. The number of anilines is 1. The lowest BCUT2D eigenvalue weighted by atomic mass is 10.1. The number of hydrogen-bond acceptors (Lipinski definition) is 5. The summed E-state index contributed by atoms with van der Waals surface area (Å²) in [4.78, 5) is 14.7. The maximum absolute atomic E-state index is 12.5. The summed E-state index contributed by atoms with van der Waals surface area (Å²) in [5.74, 6) is 2.26. The Bertz CT molecular complexity index is 948. The first-order valence-corrected chi connectivity index (χ1v) is 15.5. The van der Waals surface area contributed by atoms with Gasteiger partial charge in [0.1, 0.15) is 11.5 Å². The Kier molecular flexibility index (Phi) is 14.7. The number of amides is 1. The minimum absolute atomic E-state index is 0.0349. The number of unbranched alkanes of at least 4 members (excludes halogenated alkanes) is 11. The predicted molar refractivity (Wildman–Crippen MR) is 161 cm³/mol. The van der Waals surface area contributed by atoms with Gasteiger partial charge in [0.2, 0.25) is 0 Å². The summed E-state index contributed by atoms with van der Waals surface area (Å²) in [5.41, 5.74) is 1.91. The van der Waals surface area contributed by atoms with Crippen molar-refractivity contribution in [1.29, 1.82) is 0 Å². The molecule has 0 saturated carbocycles. The highest BCUT2D eigenvalue weighted by molar-refractivity contribution is 8.02. The van der Waals surface area contributed by atoms with Crippen molar-refractivity contribution in [3.05, 3.63) is 65.7 Å². The van der Waals surface area contributed by atoms with Crippen LogP contribution in [0.5, 0.6) is 11.5 Å². The summed E-state index contributed by atoms with van der Waals surface area (Å²) in [7, 11) is 0. The molecule has 2 aromatic rings. The van der Waals surface area contributed by atoms with Crippen molar-refractivity contribution in [3.8, 4) is 11.5 Å². The second kappa shape index (κ2) is 18.6. The van der Waals surface area contributed by atoms with E-state index in [0.29, 0.717) is 5.75 Å². The Labute approximate surface area is 234 Å². The number of ether oxygens (including phenoxy) is 2. The Morgan fingerprint density at radius 1 is 0.816 bits per heavy atom. The number of para-hydroxylation sites is 1. The van der Waals surface area contributed by atoms with Gasteiger partial charge in [0.15, 0.2) is 6.61 Å². The van der Waals surface area contributed by atoms with Crippen molar-refractivity contribution < 1.29 is 14.3 Å². The third-order valence-corrected chi connectivity index (χ3v) is 7.53. The van der Waals surface area contributed by atoms with Crippen LogP contribution in [0.1, 0.15) is 89.5 Å². The molecule has 1 N–H and O–H groups in total. The molecular weight excluding hydrogens is 492 g/mol. The molecule has 0 aliphatic carbocycles. The van der Waals surface area contributed by atoms with Crippen molar-refractivity contribution in [2.45, 2.75) is 90.5 Å². The Balaban J connectivity index is 1.23. The lowest BCUT2D eigenvalue weighted by Crippen LogP contribution is -2.22. The molecule has 0 fully saturated rings. The van der Waals surface area contributed by atoms with Crippen LogP contribution in [0.25, 0.3) is 0 Å². The molecule has 1 aliphatic heterocycles. The van der Waals surface area contributed by atoms with E-state index < -0.39 is 0 Å². The molecular formula is C32H46N2O3S. The smallest absolute Gasteiger partial charge is 0.262 e. The van der Waals surface area contributed by atoms with Gasteiger partial charge in [-0.1, -0.05) is 95.8 Å². The first-order valence-electron chi connectivity index (χ1n) is 14.5. The summed E-state index contributed by atoms with van der Waals surface area (Å²) in [6, 6.07) is 15.4. The SMILES string of the molecule is CCCCCCCCCCCCCCOc1ccc(OCC(=O)Nc2ccccc2CN2C=CSC2)cc1. The molecule has 0 saturated heterocycles. The fraction of sp³-hybridized carbons (Fsp3) is 0.531. The molecule has 2 aromatic carbocycles. The van der Waals surface area contributed by atoms with Crippen LogP contribution in [-0.2, 0) is 11.3 Å². The van der Waals surface area contributed by atoms with Gasteiger partial charge in [-0.3, -0.25) is 4.79 Å². The van der Waals surface area contributed by atoms with Crippen molar-refractivity contribution in [3.63, 3.8) is 0 Å². The van der Waals surface area contributed by atoms with E-state index >= 15 is 0 Å². The zero-order chi connectivity index (χ0) is 26.7. The lowest BCUT2D eigenvalue weighted by Gasteiger charge is -2.18. The third kappa shape index (κ3) is 12.3. The molecule has 208 valence electrons. The fourth-order valence-electron chi connectivity index (χ4n) is 4.51. The zero-order valence-corrected chi connectivity index (χ0v) is 24.0. The summed E-state index contributed by atoms with van der Waals surface area (Å²) in [6.45, 7) is 3.75. The molecule has 0 radical (unpaired) electrons. The van der Waals surface area contributed by atoms with E-state index in [0.717, 1.165) is 42.4 Å². The molecule has 0 bridgehead atoms. The molecule has 0 unspecified atom stereocenters. The number of benzene rings is 2. The van der Waals surface area contributed by atoms with E-state index in [-0.39, 0.29) is 12.5 Å². The second-order valence-corrected chi connectivity index (χ2v) is 10.9. The quantitative estimate of drug-likeness (QED) is 0.171. The molecule has 6 heteroatoms. The van der Waals surface area contributed by atoms with Gasteiger partial charge in [-0.05, 0) is 47.7 Å².